The maximum absolute atomic E-state index is 9.26. The number of aliphatic hydroxyl groups is 3. The highest BCUT2D eigenvalue weighted by molar-refractivity contribution is 4.61. The van der Waals surface area contributed by atoms with Crippen molar-refractivity contribution in [1.29, 1.82) is 0 Å². The van der Waals surface area contributed by atoms with Crippen LogP contribution in [0.25, 0.3) is 0 Å². The summed E-state index contributed by atoms with van der Waals surface area (Å²) < 4.78 is 0. The minimum atomic E-state index is -0.829. The lowest BCUT2D eigenvalue weighted by Crippen LogP contribution is -2.47. The Hall–Kier alpha value is -0.160. The number of hydrogen-bond donors (Lipinski definition) is 3. The summed E-state index contributed by atoms with van der Waals surface area (Å²) in [5.41, 5.74) is 0. The van der Waals surface area contributed by atoms with Gasteiger partial charge in [-0.15, -0.1) is 0 Å². The molecular weight excluding hydrogens is 146 g/mol. The molecule has 0 aromatic heterocycles. The van der Waals surface area contributed by atoms with Crippen LogP contribution in [0.15, 0.2) is 0 Å². The highest BCUT2D eigenvalue weighted by atomic mass is 16.4. The van der Waals surface area contributed by atoms with Gasteiger partial charge in [0.2, 0.25) is 0 Å². The van der Waals surface area contributed by atoms with E-state index in [9.17, 15) is 5.11 Å². The topological polar surface area (TPSA) is 63.9 Å². The van der Waals surface area contributed by atoms with Crippen molar-refractivity contribution in [3.05, 3.63) is 0 Å². The van der Waals surface area contributed by atoms with Crippen LogP contribution >= 0.6 is 0 Å². The van der Waals surface area contributed by atoms with Crippen molar-refractivity contribution >= 4 is 0 Å². The Kier molecular flexibility index (Phi) is 4.60. The SMILES string of the molecule is CCC(O)N(C(C)O)C(C)O. The average Bonchev–Trinajstić information content (AvgIpc) is 1.85. The van der Waals surface area contributed by atoms with E-state index in [1.165, 1.54) is 18.7 Å². The first-order valence-corrected chi connectivity index (χ1v) is 3.82. The van der Waals surface area contributed by atoms with Gasteiger partial charge in [0.1, 0.15) is 18.7 Å². The largest absolute Gasteiger partial charge is 0.379 e. The van der Waals surface area contributed by atoms with E-state index in [4.69, 9.17) is 10.2 Å². The summed E-state index contributed by atoms with van der Waals surface area (Å²) in [5, 5.41) is 27.4. The van der Waals surface area contributed by atoms with Gasteiger partial charge in [0, 0.05) is 0 Å². The lowest BCUT2D eigenvalue weighted by Gasteiger charge is -2.31. The van der Waals surface area contributed by atoms with Gasteiger partial charge in [0.15, 0.2) is 0 Å². The molecule has 0 aromatic rings. The second-order valence-electron chi connectivity index (χ2n) is 2.60. The fourth-order valence-corrected chi connectivity index (χ4v) is 1.02. The second-order valence-corrected chi connectivity index (χ2v) is 2.60. The molecule has 0 rings (SSSR count). The molecule has 0 amide bonds. The summed E-state index contributed by atoms with van der Waals surface area (Å²) >= 11 is 0. The molecule has 4 heteroatoms. The lowest BCUT2D eigenvalue weighted by atomic mass is 10.3. The highest BCUT2D eigenvalue weighted by Gasteiger charge is 2.22. The zero-order chi connectivity index (χ0) is 9.02. The molecule has 0 spiro atoms. The summed E-state index contributed by atoms with van der Waals surface area (Å²) in [6.07, 6.45) is -1.96. The predicted molar refractivity (Wildman–Crippen MR) is 41.5 cm³/mol. The number of aliphatic hydroxyl groups excluding tert-OH is 3. The molecule has 0 aliphatic rings. The van der Waals surface area contributed by atoms with Crippen molar-refractivity contribution in [2.75, 3.05) is 0 Å². The van der Waals surface area contributed by atoms with Crippen molar-refractivity contribution in [2.24, 2.45) is 0 Å². The molecule has 4 nitrogen and oxygen atoms in total. The van der Waals surface area contributed by atoms with Crippen LogP contribution in [0.1, 0.15) is 27.2 Å². The summed E-state index contributed by atoms with van der Waals surface area (Å²) in [4.78, 5) is 1.22. The van der Waals surface area contributed by atoms with E-state index in [1.807, 2.05) is 0 Å². The van der Waals surface area contributed by atoms with E-state index in [1.54, 1.807) is 6.92 Å². The number of hydrogen-bond acceptors (Lipinski definition) is 4. The molecule has 0 heterocycles. The molecule has 0 bridgehead atoms. The summed E-state index contributed by atoms with van der Waals surface area (Å²) in [6.45, 7) is 4.79. The van der Waals surface area contributed by atoms with Gasteiger partial charge in [-0.3, -0.25) is 0 Å². The molecule has 0 fully saturated rings. The molecular formula is C7H17NO3. The van der Waals surface area contributed by atoms with Crippen LogP contribution in [-0.4, -0.2) is 38.9 Å². The molecule has 0 saturated carbocycles. The summed E-state index contributed by atoms with van der Waals surface area (Å²) in [5.74, 6) is 0. The predicted octanol–water partition coefficient (Wildman–Crippen LogP) is -0.307. The number of nitrogens with zero attached hydrogens (tertiary/aromatic N) is 1. The summed E-state index contributed by atoms with van der Waals surface area (Å²) in [7, 11) is 0. The van der Waals surface area contributed by atoms with Gasteiger partial charge in [-0.1, -0.05) is 6.92 Å². The van der Waals surface area contributed by atoms with Crippen LogP contribution in [0.2, 0.25) is 0 Å². The van der Waals surface area contributed by atoms with Crippen molar-refractivity contribution in [3.63, 3.8) is 0 Å². The summed E-state index contributed by atoms with van der Waals surface area (Å²) in [6, 6.07) is 0. The van der Waals surface area contributed by atoms with E-state index in [0.717, 1.165) is 0 Å². The van der Waals surface area contributed by atoms with Crippen LogP contribution in [0.4, 0.5) is 0 Å². The second kappa shape index (κ2) is 4.66. The molecule has 0 saturated heterocycles. The number of rotatable bonds is 4. The van der Waals surface area contributed by atoms with Gasteiger partial charge in [0.25, 0.3) is 0 Å². The molecule has 0 aliphatic heterocycles. The van der Waals surface area contributed by atoms with E-state index in [0.29, 0.717) is 6.42 Å². The molecule has 0 radical (unpaired) electrons. The molecule has 3 N–H and O–H groups in total. The van der Waals surface area contributed by atoms with E-state index in [2.05, 4.69) is 0 Å². The van der Waals surface area contributed by atoms with Crippen LogP contribution in [-0.2, 0) is 0 Å². The Balaban J connectivity index is 4.09. The first-order chi connectivity index (χ1) is 5.00. The van der Waals surface area contributed by atoms with Crippen molar-refractivity contribution in [2.45, 2.75) is 45.9 Å². The van der Waals surface area contributed by atoms with E-state index >= 15 is 0 Å². The molecule has 0 aromatic carbocycles. The van der Waals surface area contributed by atoms with Crippen LogP contribution in [0.5, 0.6) is 0 Å². The van der Waals surface area contributed by atoms with Gasteiger partial charge in [-0.2, -0.15) is 0 Å². The first-order valence-electron chi connectivity index (χ1n) is 3.82. The molecule has 68 valence electrons. The highest BCUT2D eigenvalue weighted by Crippen LogP contribution is 2.07. The van der Waals surface area contributed by atoms with Crippen molar-refractivity contribution < 1.29 is 15.3 Å². The quantitative estimate of drug-likeness (QED) is 0.498. The lowest BCUT2D eigenvalue weighted by molar-refractivity contribution is -0.166. The zero-order valence-corrected chi connectivity index (χ0v) is 7.23. The van der Waals surface area contributed by atoms with Crippen molar-refractivity contribution in [3.8, 4) is 0 Å². The van der Waals surface area contributed by atoms with Crippen LogP contribution in [0, 0.1) is 0 Å². The Morgan fingerprint density at radius 1 is 1.09 bits per heavy atom. The third-order valence-corrected chi connectivity index (χ3v) is 1.57. The Labute approximate surface area is 67.1 Å². The van der Waals surface area contributed by atoms with Crippen molar-refractivity contribution in [1.82, 2.24) is 4.90 Å². The minimum Gasteiger partial charge on any atom is -0.379 e. The average molecular weight is 163 g/mol. The first kappa shape index (κ1) is 10.8. The van der Waals surface area contributed by atoms with Gasteiger partial charge in [-0.05, 0) is 20.3 Å². The van der Waals surface area contributed by atoms with E-state index < -0.39 is 18.7 Å². The monoisotopic (exact) mass is 163 g/mol. The molecule has 3 atom stereocenters. The van der Waals surface area contributed by atoms with Gasteiger partial charge < -0.3 is 15.3 Å². The standard InChI is InChI=1S/C7H17NO3/c1-4-7(11)8(5(2)9)6(3)10/h5-7,9-11H,4H2,1-3H3. The Bertz CT molecular complexity index is 97.9. The maximum Gasteiger partial charge on any atom is 0.111 e. The zero-order valence-electron chi connectivity index (χ0n) is 7.23. The normalized spacial score (nSPS) is 19.9. The molecule has 0 aliphatic carbocycles. The Morgan fingerprint density at radius 2 is 1.45 bits per heavy atom. The van der Waals surface area contributed by atoms with Crippen LogP contribution < -0.4 is 0 Å². The Morgan fingerprint density at radius 3 is 1.55 bits per heavy atom. The third-order valence-electron chi connectivity index (χ3n) is 1.57. The fraction of sp³-hybridized carbons (Fsp3) is 1.00. The molecule has 3 unspecified atom stereocenters. The van der Waals surface area contributed by atoms with Gasteiger partial charge in [-0.25, -0.2) is 4.90 Å². The van der Waals surface area contributed by atoms with Gasteiger partial charge >= 0.3 is 0 Å². The maximum atomic E-state index is 9.26. The van der Waals surface area contributed by atoms with Gasteiger partial charge in [0.05, 0.1) is 0 Å². The smallest absolute Gasteiger partial charge is 0.111 e. The third kappa shape index (κ3) is 3.16. The van der Waals surface area contributed by atoms with E-state index in [-0.39, 0.29) is 0 Å². The minimum absolute atomic E-state index is 0.482. The van der Waals surface area contributed by atoms with Crippen LogP contribution in [0.3, 0.4) is 0 Å². The molecule has 11 heavy (non-hydrogen) atoms. The fourth-order valence-electron chi connectivity index (χ4n) is 1.02.